The Morgan fingerprint density at radius 2 is 1.80 bits per heavy atom. The van der Waals surface area contributed by atoms with E-state index < -0.39 is 5.97 Å². The molecule has 1 aliphatic heterocycles. The van der Waals surface area contributed by atoms with Crippen LogP contribution in [0.15, 0.2) is 53.7 Å². The molecule has 0 radical (unpaired) electrons. The lowest BCUT2D eigenvalue weighted by Crippen LogP contribution is -2.39. The lowest BCUT2D eigenvalue weighted by atomic mass is 9.99. The minimum absolute atomic E-state index is 0.0646. The molecule has 3 aromatic rings. The molecule has 0 unspecified atom stereocenters. The van der Waals surface area contributed by atoms with Gasteiger partial charge >= 0.3 is 5.97 Å². The predicted molar refractivity (Wildman–Crippen MR) is 136 cm³/mol. The minimum Gasteiger partial charge on any atom is -0.462 e. The molecule has 8 nitrogen and oxygen atoms in total. The maximum atomic E-state index is 13.0. The van der Waals surface area contributed by atoms with Gasteiger partial charge in [0, 0.05) is 13.1 Å². The molecule has 4 rings (SSSR count). The van der Waals surface area contributed by atoms with Gasteiger partial charge < -0.3 is 19.5 Å². The van der Waals surface area contributed by atoms with E-state index in [1.807, 2.05) is 33.7 Å². The summed E-state index contributed by atoms with van der Waals surface area (Å²) >= 11 is 1.27. The molecule has 1 aromatic heterocycles. The van der Waals surface area contributed by atoms with Gasteiger partial charge in [0.2, 0.25) is 11.8 Å². The lowest BCUT2D eigenvalue weighted by molar-refractivity contribution is -0.133. The number of aromatic nitrogens is 2. The number of anilines is 1. The van der Waals surface area contributed by atoms with E-state index in [1.54, 1.807) is 31.2 Å². The van der Waals surface area contributed by atoms with E-state index in [1.165, 1.54) is 11.8 Å². The Morgan fingerprint density at radius 3 is 2.57 bits per heavy atom. The molecule has 0 saturated carbocycles. The molecular formula is C26H30N4O4S. The van der Waals surface area contributed by atoms with Crippen molar-refractivity contribution < 1.29 is 19.1 Å². The zero-order chi connectivity index (χ0) is 24.8. The highest BCUT2D eigenvalue weighted by Crippen LogP contribution is 2.26. The number of fused-ring (bicyclic) bond motifs is 1. The molecule has 35 heavy (non-hydrogen) atoms. The maximum Gasteiger partial charge on any atom is 0.340 e. The van der Waals surface area contributed by atoms with Crippen molar-refractivity contribution in [3.63, 3.8) is 0 Å². The van der Waals surface area contributed by atoms with Gasteiger partial charge in [0.15, 0.2) is 5.16 Å². The van der Waals surface area contributed by atoms with E-state index in [0.717, 1.165) is 37.0 Å². The molecule has 1 fully saturated rings. The number of imidazole rings is 1. The highest BCUT2D eigenvalue weighted by Gasteiger charge is 2.23. The van der Waals surface area contributed by atoms with Gasteiger partial charge in [0.05, 0.1) is 34.6 Å². The number of esters is 1. The monoisotopic (exact) mass is 494 g/mol. The third-order valence-corrected chi connectivity index (χ3v) is 7.05. The number of carbonyl (C=O) groups excluding carboxylic acids is 3. The quantitative estimate of drug-likeness (QED) is 0.373. The zero-order valence-corrected chi connectivity index (χ0v) is 20.8. The van der Waals surface area contributed by atoms with Gasteiger partial charge in [0.25, 0.3) is 0 Å². The Hall–Kier alpha value is -3.33. The Bertz CT molecular complexity index is 1220. The number of nitrogens with one attached hydrogen (secondary N) is 1. The van der Waals surface area contributed by atoms with E-state index in [9.17, 15) is 14.4 Å². The van der Waals surface area contributed by atoms with Gasteiger partial charge in [-0.25, -0.2) is 9.78 Å². The average Bonchev–Trinajstić information content (AvgIpc) is 3.21. The number of likely N-dealkylation sites (tertiary alicyclic amines) is 1. The molecule has 0 atom stereocenters. The highest BCUT2D eigenvalue weighted by atomic mass is 32.2. The van der Waals surface area contributed by atoms with Crippen molar-refractivity contribution in [2.45, 2.75) is 38.4 Å². The second kappa shape index (κ2) is 11.4. The van der Waals surface area contributed by atoms with E-state index >= 15 is 0 Å². The van der Waals surface area contributed by atoms with E-state index in [2.05, 4.69) is 17.2 Å². The second-order valence-corrected chi connectivity index (χ2v) is 9.58. The Kier molecular flexibility index (Phi) is 8.07. The van der Waals surface area contributed by atoms with Crippen LogP contribution in [0.5, 0.6) is 0 Å². The van der Waals surface area contributed by atoms with Crippen LogP contribution < -0.4 is 5.32 Å². The number of benzene rings is 2. The smallest absolute Gasteiger partial charge is 0.340 e. The molecule has 2 amide bonds. The van der Waals surface area contributed by atoms with Crippen molar-refractivity contribution in [1.82, 2.24) is 14.5 Å². The standard InChI is InChI=1S/C26H30N4O4S/c1-3-34-25(33)19-8-4-5-9-20(19)27-23(31)17-35-26-28-21-10-6-7-11-22(21)30(26)16-24(32)29-14-12-18(2)13-15-29/h4-11,18H,3,12-17H2,1-2H3,(H,27,31). The van der Waals surface area contributed by atoms with Crippen LogP contribution in [-0.4, -0.2) is 57.7 Å². The first-order valence-corrected chi connectivity index (χ1v) is 12.9. The summed E-state index contributed by atoms with van der Waals surface area (Å²) in [5.74, 6) is 0.0298. The molecule has 184 valence electrons. The number of para-hydroxylation sites is 3. The van der Waals surface area contributed by atoms with Gasteiger partial charge in [0.1, 0.15) is 6.54 Å². The second-order valence-electron chi connectivity index (χ2n) is 8.64. The molecule has 2 heterocycles. The van der Waals surface area contributed by atoms with Crippen LogP contribution in [0.25, 0.3) is 11.0 Å². The SMILES string of the molecule is CCOC(=O)c1ccccc1NC(=O)CSc1nc2ccccc2n1CC(=O)N1CCC(C)CC1. The Balaban J connectivity index is 1.46. The Morgan fingerprint density at radius 1 is 1.09 bits per heavy atom. The third-order valence-electron chi connectivity index (χ3n) is 6.08. The molecule has 0 spiro atoms. The molecule has 1 aliphatic rings. The lowest BCUT2D eigenvalue weighted by Gasteiger charge is -2.30. The van der Waals surface area contributed by atoms with Crippen LogP contribution in [0.1, 0.15) is 37.0 Å². The van der Waals surface area contributed by atoms with Crippen molar-refractivity contribution in [3.8, 4) is 0 Å². The summed E-state index contributed by atoms with van der Waals surface area (Å²) in [6.07, 6.45) is 2.04. The number of amides is 2. The van der Waals surface area contributed by atoms with Crippen LogP contribution in [-0.2, 0) is 20.9 Å². The van der Waals surface area contributed by atoms with E-state index in [4.69, 9.17) is 4.74 Å². The maximum absolute atomic E-state index is 13.0. The van der Waals surface area contributed by atoms with Crippen LogP contribution >= 0.6 is 11.8 Å². The van der Waals surface area contributed by atoms with Crippen LogP contribution in [0.2, 0.25) is 0 Å². The predicted octanol–water partition coefficient (Wildman–Crippen LogP) is 4.20. The summed E-state index contributed by atoms with van der Waals surface area (Å²) in [7, 11) is 0. The summed E-state index contributed by atoms with van der Waals surface area (Å²) in [5.41, 5.74) is 2.35. The molecular weight excluding hydrogens is 464 g/mol. The fourth-order valence-electron chi connectivity index (χ4n) is 4.10. The number of ether oxygens (including phenoxy) is 1. The summed E-state index contributed by atoms with van der Waals surface area (Å²) in [6, 6.07) is 14.4. The largest absolute Gasteiger partial charge is 0.462 e. The summed E-state index contributed by atoms with van der Waals surface area (Å²) in [6.45, 7) is 5.94. The van der Waals surface area contributed by atoms with Gasteiger partial charge in [-0.3, -0.25) is 9.59 Å². The van der Waals surface area contributed by atoms with Crippen molar-refractivity contribution in [2.24, 2.45) is 5.92 Å². The first-order chi connectivity index (χ1) is 17.0. The third kappa shape index (κ3) is 6.03. The first-order valence-electron chi connectivity index (χ1n) is 11.9. The topological polar surface area (TPSA) is 93.5 Å². The number of rotatable bonds is 8. The molecule has 0 aliphatic carbocycles. The van der Waals surface area contributed by atoms with E-state index in [0.29, 0.717) is 22.3 Å². The molecule has 9 heteroatoms. The van der Waals surface area contributed by atoms with Crippen LogP contribution in [0.4, 0.5) is 5.69 Å². The minimum atomic E-state index is -0.483. The highest BCUT2D eigenvalue weighted by molar-refractivity contribution is 7.99. The molecule has 1 saturated heterocycles. The van der Waals surface area contributed by atoms with Crippen molar-refractivity contribution in [2.75, 3.05) is 30.8 Å². The number of nitrogens with zero attached hydrogens (tertiary/aromatic N) is 3. The molecule has 0 bridgehead atoms. The number of hydrogen-bond acceptors (Lipinski definition) is 6. The number of thioether (sulfide) groups is 1. The fourth-order valence-corrected chi connectivity index (χ4v) is 4.92. The number of hydrogen-bond donors (Lipinski definition) is 1. The molecule has 1 N–H and O–H groups in total. The van der Waals surface area contributed by atoms with Gasteiger partial charge in [-0.2, -0.15) is 0 Å². The van der Waals surface area contributed by atoms with Gasteiger partial charge in [-0.1, -0.05) is 43.0 Å². The fraction of sp³-hybridized carbons (Fsp3) is 0.385. The van der Waals surface area contributed by atoms with Crippen molar-refractivity contribution in [1.29, 1.82) is 0 Å². The van der Waals surface area contributed by atoms with Crippen LogP contribution in [0.3, 0.4) is 0 Å². The summed E-state index contributed by atoms with van der Waals surface area (Å²) in [4.78, 5) is 44.6. The van der Waals surface area contributed by atoms with Crippen molar-refractivity contribution >= 4 is 46.3 Å². The number of carbonyl (C=O) groups is 3. The summed E-state index contributed by atoms with van der Waals surface area (Å²) < 4.78 is 6.97. The Labute approximate surface area is 209 Å². The van der Waals surface area contributed by atoms with Crippen molar-refractivity contribution in [3.05, 3.63) is 54.1 Å². The van der Waals surface area contributed by atoms with Gasteiger partial charge in [-0.05, 0) is 49.9 Å². The molecule has 2 aromatic carbocycles. The normalized spacial score (nSPS) is 14.2. The van der Waals surface area contributed by atoms with E-state index in [-0.39, 0.29) is 30.7 Å². The van der Waals surface area contributed by atoms with Crippen LogP contribution in [0, 0.1) is 5.92 Å². The van der Waals surface area contributed by atoms with Gasteiger partial charge in [-0.15, -0.1) is 0 Å². The first kappa shape index (κ1) is 24.8. The summed E-state index contributed by atoms with van der Waals surface area (Å²) in [5, 5.41) is 3.41. The average molecular weight is 495 g/mol. The zero-order valence-electron chi connectivity index (χ0n) is 20.0. The number of piperidine rings is 1.